The van der Waals surface area contributed by atoms with Gasteiger partial charge in [0.1, 0.15) is 0 Å². The van der Waals surface area contributed by atoms with Crippen molar-refractivity contribution in [2.45, 2.75) is 6.54 Å². The molecule has 0 atom stereocenters. The Labute approximate surface area is 151 Å². The molecule has 0 amide bonds. The summed E-state index contributed by atoms with van der Waals surface area (Å²) >= 11 is 0. The third-order valence-corrected chi connectivity index (χ3v) is 3.69. The average molecular weight is 349 g/mol. The minimum atomic E-state index is -0.432. The summed E-state index contributed by atoms with van der Waals surface area (Å²) in [7, 11) is 4.05. The second-order valence-electron chi connectivity index (χ2n) is 6.14. The van der Waals surface area contributed by atoms with Crippen molar-refractivity contribution in [3.63, 3.8) is 0 Å². The maximum atomic E-state index is 10.9. The maximum Gasteiger partial charge on any atom is 0.271 e. The van der Waals surface area contributed by atoms with Gasteiger partial charge in [0.2, 0.25) is 5.95 Å². The molecule has 1 aromatic heterocycles. The summed E-state index contributed by atoms with van der Waals surface area (Å²) in [5.74, 6) is 0.390. The summed E-state index contributed by atoms with van der Waals surface area (Å²) in [5, 5.41) is 13.9. The van der Waals surface area contributed by atoms with E-state index >= 15 is 0 Å². The molecule has 7 nitrogen and oxygen atoms in total. The Hall–Kier alpha value is -3.32. The molecule has 0 unspecified atom stereocenters. The molecular weight excluding hydrogens is 330 g/mol. The van der Waals surface area contributed by atoms with Gasteiger partial charge in [0, 0.05) is 36.1 Å². The minimum absolute atomic E-state index is 0.0162. The number of anilines is 2. The lowest BCUT2D eigenvalue weighted by Gasteiger charge is -2.11. The second kappa shape index (κ2) is 7.71. The van der Waals surface area contributed by atoms with Gasteiger partial charge in [-0.3, -0.25) is 10.1 Å². The predicted molar refractivity (Wildman–Crippen MR) is 101 cm³/mol. The summed E-state index contributed by atoms with van der Waals surface area (Å²) in [6.07, 6.45) is 1.67. The standard InChI is InChI=1S/C19H19N5O2/c1-23(2)13-14-5-3-6-15(11-14)18-9-10-20-19(22-18)21-16-7-4-8-17(12-16)24(25)26/h3-12H,13H2,1-2H3,(H,20,21,22). The number of hydrogen-bond acceptors (Lipinski definition) is 6. The van der Waals surface area contributed by atoms with Crippen molar-refractivity contribution >= 4 is 17.3 Å². The third kappa shape index (κ3) is 4.40. The SMILES string of the molecule is CN(C)Cc1cccc(-c2ccnc(Nc3cccc([N+](=O)[O-])c3)n2)c1. The van der Waals surface area contributed by atoms with Crippen molar-refractivity contribution in [1.82, 2.24) is 14.9 Å². The van der Waals surface area contributed by atoms with Gasteiger partial charge in [-0.15, -0.1) is 0 Å². The number of nitro benzene ring substituents is 1. The number of rotatable bonds is 6. The fraction of sp³-hybridized carbons (Fsp3) is 0.158. The number of nitro groups is 1. The molecule has 0 saturated carbocycles. The molecule has 0 aliphatic rings. The summed E-state index contributed by atoms with van der Waals surface area (Å²) < 4.78 is 0. The molecule has 0 bridgehead atoms. The molecule has 3 rings (SSSR count). The van der Waals surface area contributed by atoms with Crippen molar-refractivity contribution in [1.29, 1.82) is 0 Å². The van der Waals surface area contributed by atoms with E-state index in [9.17, 15) is 10.1 Å². The van der Waals surface area contributed by atoms with Crippen molar-refractivity contribution in [3.8, 4) is 11.3 Å². The van der Waals surface area contributed by atoms with Gasteiger partial charge in [0.05, 0.1) is 10.6 Å². The number of aromatic nitrogens is 2. The van der Waals surface area contributed by atoms with E-state index in [1.807, 2.05) is 32.3 Å². The van der Waals surface area contributed by atoms with Crippen LogP contribution in [0.1, 0.15) is 5.56 Å². The zero-order chi connectivity index (χ0) is 18.5. The summed E-state index contributed by atoms with van der Waals surface area (Å²) in [6, 6.07) is 16.3. The monoisotopic (exact) mass is 349 g/mol. The third-order valence-electron chi connectivity index (χ3n) is 3.69. The van der Waals surface area contributed by atoms with Gasteiger partial charge >= 0.3 is 0 Å². The normalized spacial score (nSPS) is 10.7. The molecule has 0 saturated heterocycles. The Morgan fingerprint density at radius 2 is 1.92 bits per heavy atom. The maximum absolute atomic E-state index is 10.9. The first-order chi connectivity index (χ1) is 12.5. The summed E-state index contributed by atoms with van der Waals surface area (Å²) in [4.78, 5) is 21.3. The van der Waals surface area contributed by atoms with E-state index in [4.69, 9.17) is 0 Å². The molecule has 132 valence electrons. The number of non-ortho nitro benzene ring substituents is 1. The highest BCUT2D eigenvalue weighted by Crippen LogP contribution is 2.23. The van der Waals surface area contributed by atoms with Gasteiger partial charge in [-0.2, -0.15) is 0 Å². The lowest BCUT2D eigenvalue weighted by Crippen LogP contribution is -2.10. The van der Waals surface area contributed by atoms with Crippen LogP contribution < -0.4 is 5.32 Å². The summed E-state index contributed by atoms with van der Waals surface area (Å²) in [6.45, 7) is 0.845. The van der Waals surface area contributed by atoms with Gasteiger partial charge in [-0.1, -0.05) is 24.3 Å². The zero-order valence-electron chi connectivity index (χ0n) is 14.6. The van der Waals surface area contributed by atoms with Crippen LogP contribution in [-0.2, 0) is 6.54 Å². The van der Waals surface area contributed by atoms with Crippen LogP contribution in [0.2, 0.25) is 0 Å². The topological polar surface area (TPSA) is 84.2 Å². The minimum Gasteiger partial charge on any atom is -0.324 e. The molecular formula is C19H19N5O2. The Balaban J connectivity index is 1.85. The molecule has 1 N–H and O–H groups in total. The highest BCUT2D eigenvalue weighted by atomic mass is 16.6. The van der Waals surface area contributed by atoms with Crippen LogP contribution in [0.25, 0.3) is 11.3 Å². The van der Waals surface area contributed by atoms with Crippen LogP contribution in [0.5, 0.6) is 0 Å². The van der Waals surface area contributed by atoms with Crippen molar-refractivity contribution < 1.29 is 4.92 Å². The highest BCUT2D eigenvalue weighted by Gasteiger charge is 2.08. The van der Waals surface area contributed by atoms with Crippen molar-refractivity contribution in [2.75, 3.05) is 19.4 Å². The van der Waals surface area contributed by atoms with Gasteiger partial charge in [-0.25, -0.2) is 9.97 Å². The molecule has 0 aliphatic heterocycles. The largest absolute Gasteiger partial charge is 0.324 e. The van der Waals surface area contributed by atoms with Crippen LogP contribution in [0, 0.1) is 10.1 Å². The van der Waals surface area contributed by atoms with E-state index in [2.05, 4.69) is 32.3 Å². The quantitative estimate of drug-likeness (QED) is 0.537. The van der Waals surface area contributed by atoms with E-state index in [-0.39, 0.29) is 5.69 Å². The number of benzene rings is 2. The highest BCUT2D eigenvalue weighted by molar-refractivity contribution is 5.63. The average Bonchev–Trinajstić information content (AvgIpc) is 2.62. The van der Waals surface area contributed by atoms with Gasteiger partial charge in [0.25, 0.3) is 5.69 Å². The molecule has 7 heteroatoms. The molecule has 0 spiro atoms. The van der Waals surface area contributed by atoms with Gasteiger partial charge < -0.3 is 10.2 Å². The van der Waals surface area contributed by atoms with Crippen LogP contribution in [-0.4, -0.2) is 33.9 Å². The van der Waals surface area contributed by atoms with Crippen LogP contribution in [0.15, 0.2) is 60.8 Å². The molecule has 0 aliphatic carbocycles. The van der Waals surface area contributed by atoms with E-state index in [1.165, 1.54) is 17.7 Å². The van der Waals surface area contributed by atoms with Crippen LogP contribution >= 0.6 is 0 Å². The molecule has 0 fully saturated rings. The van der Waals surface area contributed by atoms with Crippen LogP contribution in [0.4, 0.5) is 17.3 Å². The van der Waals surface area contributed by atoms with E-state index in [0.717, 1.165) is 17.8 Å². The molecule has 3 aromatic rings. The smallest absolute Gasteiger partial charge is 0.271 e. The van der Waals surface area contributed by atoms with E-state index < -0.39 is 4.92 Å². The Kier molecular flexibility index (Phi) is 5.19. The van der Waals surface area contributed by atoms with Gasteiger partial charge in [-0.05, 0) is 37.9 Å². The second-order valence-corrected chi connectivity index (χ2v) is 6.14. The van der Waals surface area contributed by atoms with E-state index in [1.54, 1.807) is 18.3 Å². The predicted octanol–water partition coefficient (Wildman–Crippen LogP) is 3.86. The first-order valence-electron chi connectivity index (χ1n) is 8.10. The van der Waals surface area contributed by atoms with E-state index in [0.29, 0.717) is 11.6 Å². The van der Waals surface area contributed by atoms with Gasteiger partial charge in [0.15, 0.2) is 0 Å². The lowest BCUT2D eigenvalue weighted by atomic mass is 10.1. The first kappa shape index (κ1) is 17.5. The molecule has 26 heavy (non-hydrogen) atoms. The van der Waals surface area contributed by atoms with Crippen molar-refractivity contribution in [3.05, 3.63) is 76.5 Å². The molecule has 1 heterocycles. The number of nitrogens with one attached hydrogen (secondary N) is 1. The van der Waals surface area contributed by atoms with Crippen LogP contribution in [0.3, 0.4) is 0 Å². The fourth-order valence-corrected chi connectivity index (χ4v) is 2.60. The van der Waals surface area contributed by atoms with Crippen molar-refractivity contribution in [2.24, 2.45) is 0 Å². The summed E-state index contributed by atoms with van der Waals surface area (Å²) in [5.41, 5.74) is 3.56. The number of nitrogens with zero attached hydrogens (tertiary/aromatic N) is 4. The Morgan fingerprint density at radius 1 is 1.12 bits per heavy atom. The Morgan fingerprint density at radius 3 is 2.69 bits per heavy atom. The first-order valence-corrected chi connectivity index (χ1v) is 8.10. The zero-order valence-corrected chi connectivity index (χ0v) is 14.6. The molecule has 2 aromatic carbocycles. The number of hydrogen-bond donors (Lipinski definition) is 1. The molecule has 0 radical (unpaired) electrons. The fourth-order valence-electron chi connectivity index (χ4n) is 2.60. The lowest BCUT2D eigenvalue weighted by molar-refractivity contribution is -0.384. The Bertz CT molecular complexity index is 927.